The summed E-state index contributed by atoms with van der Waals surface area (Å²) in [6.45, 7) is 2.02. The number of aryl methyl sites for hydroxylation is 1. The van der Waals surface area contributed by atoms with Crippen LogP contribution < -0.4 is 0 Å². The summed E-state index contributed by atoms with van der Waals surface area (Å²) in [7, 11) is 0. The van der Waals surface area contributed by atoms with Crippen LogP contribution in [0.4, 0.5) is 0 Å². The van der Waals surface area contributed by atoms with Crippen LogP contribution in [0.5, 0.6) is 0 Å². The minimum atomic E-state index is -0.708. The highest BCUT2D eigenvalue weighted by Gasteiger charge is 2.15. The number of rotatable bonds is 4. The highest BCUT2D eigenvalue weighted by Crippen LogP contribution is 2.12. The topological polar surface area (TPSA) is 37.3 Å². The van der Waals surface area contributed by atoms with Crippen molar-refractivity contribution >= 4 is 28.6 Å². The number of hydrogen-bond acceptors (Lipinski definition) is 1. The molecule has 76 valence electrons. The Labute approximate surface area is 97.5 Å². The average Bonchev–Trinajstić information content (AvgIpc) is 2.16. The van der Waals surface area contributed by atoms with Gasteiger partial charge in [-0.05, 0) is 18.9 Å². The molecule has 0 aliphatic carbocycles. The molecule has 14 heavy (non-hydrogen) atoms. The molecular formula is C11H13IO2. The largest absolute Gasteiger partial charge is 0.481 e. The van der Waals surface area contributed by atoms with Crippen molar-refractivity contribution in [3.63, 3.8) is 0 Å². The molecule has 0 bridgehead atoms. The van der Waals surface area contributed by atoms with Gasteiger partial charge in [-0.15, -0.1) is 0 Å². The maximum Gasteiger partial charge on any atom is 0.307 e. The van der Waals surface area contributed by atoms with E-state index < -0.39 is 5.97 Å². The van der Waals surface area contributed by atoms with E-state index in [0.29, 0.717) is 10.8 Å². The van der Waals surface area contributed by atoms with Gasteiger partial charge in [-0.3, -0.25) is 4.79 Å². The molecule has 0 aliphatic heterocycles. The minimum Gasteiger partial charge on any atom is -0.481 e. The van der Waals surface area contributed by atoms with E-state index in [1.807, 2.05) is 31.2 Å². The van der Waals surface area contributed by atoms with Crippen LogP contribution >= 0.6 is 22.6 Å². The molecule has 1 aromatic rings. The van der Waals surface area contributed by atoms with Crippen LogP contribution in [0.1, 0.15) is 11.1 Å². The Kier molecular flexibility index (Phi) is 4.38. The summed E-state index contributed by atoms with van der Waals surface area (Å²) in [4.78, 5) is 10.8. The summed E-state index contributed by atoms with van der Waals surface area (Å²) in [6.07, 6.45) is 0.624. The van der Waals surface area contributed by atoms with E-state index in [0.717, 1.165) is 5.56 Å². The van der Waals surface area contributed by atoms with Crippen molar-refractivity contribution in [3.05, 3.63) is 35.4 Å². The number of alkyl halides is 1. The third-order valence-corrected chi connectivity index (χ3v) is 3.20. The van der Waals surface area contributed by atoms with Crippen LogP contribution in [0.25, 0.3) is 0 Å². The van der Waals surface area contributed by atoms with Crippen molar-refractivity contribution in [2.24, 2.45) is 5.92 Å². The molecule has 1 N–H and O–H groups in total. The second-order valence-electron chi connectivity index (χ2n) is 3.38. The molecule has 3 heteroatoms. The third-order valence-electron chi connectivity index (χ3n) is 2.14. The first-order chi connectivity index (χ1) is 6.63. The van der Waals surface area contributed by atoms with E-state index in [4.69, 9.17) is 5.11 Å². The summed E-state index contributed by atoms with van der Waals surface area (Å²) in [5.74, 6) is -0.974. The summed E-state index contributed by atoms with van der Waals surface area (Å²) < 4.78 is 0.654. The number of carboxylic acid groups (broad SMARTS) is 1. The SMILES string of the molecule is Cc1ccc(CC(CI)C(=O)O)cc1. The number of halogens is 1. The van der Waals surface area contributed by atoms with Gasteiger partial charge < -0.3 is 5.11 Å². The van der Waals surface area contributed by atoms with Crippen molar-refractivity contribution in [2.75, 3.05) is 4.43 Å². The molecule has 0 aromatic heterocycles. The van der Waals surface area contributed by atoms with Crippen LogP contribution in [0.2, 0.25) is 0 Å². The normalized spacial score (nSPS) is 12.4. The maximum absolute atomic E-state index is 10.8. The first-order valence-corrected chi connectivity index (χ1v) is 6.00. The molecule has 0 saturated carbocycles. The summed E-state index contributed by atoms with van der Waals surface area (Å²) >= 11 is 2.12. The van der Waals surface area contributed by atoms with E-state index >= 15 is 0 Å². The molecule has 0 fully saturated rings. The van der Waals surface area contributed by atoms with E-state index in [9.17, 15) is 4.79 Å². The number of aliphatic carboxylic acids is 1. The van der Waals surface area contributed by atoms with E-state index in [-0.39, 0.29) is 5.92 Å². The predicted octanol–water partition coefficient (Wildman–Crippen LogP) is 2.67. The Morgan fingerprint density at radius 2 is 2.00 bits per heavy atom. The Hall–Kier alpha value is -0.580. The smallest absolute Gasteiger partial charge is 0.307 e. The second-order valence-corrected chi connectivity index (χ2v) is 4.26. The van der Waals surface area contributed by atoms with E-state index in [2.05, 4.69) is 22.6 Å². The van der Waals surface area contributed by atoms with Crippen LogP contribution in [-0.4, -0.2) is 15.5 Å². The number of carboxylic acids is 1. The predicted molar refractivity (Wildman–Crippen MR) is 64.9 cm³/mol. The lowest BCUT2D eigenvalue weighted by molar-refractivity contribution is -0.140. The molecule has 2 nitrogen and oxygen atoms in total. The van der Waals surface area contributed by atoms with Crippen LogP contribution in [0, 0.1) is 12.8 Å². The molecule has 0 saturated heterocycles. The molecule has 0 radical (unpaired) electrons. The lowest BCUT2D eigenvalue weighted by atomic mass is 10.0. The molecule has 0 heterocycles. The van der Waals surface area contributed by atoms with Crippen molar-refractivity contribution in [2.45, 2.75) is 13.3 Å². The van der Waals surface area contributed by atoms with Gasteiger partial charge in [0, 0.05) is 4.43 Å². The fourth-order valence-corrected chi connectivity index (χ4v) is 1.90. The highest BCUT2D eigenvalue weighted by atomic mass is 127. The van der Waals surface area contributed by atoms with Gasteiger partial charge in [0.1, 0.15) is 0 Å². The van der Waals surface area contributed by atoms with Gasteiger partial charge in [0.25, 0.3) is 0 Å². The standard InChI is InChI=1S/C11H13IO2/c1-8-2-4-9(5-3-8)6-10(7-12)11(13)14/h2-5,10H,6-7H2,1H3,(H,13,14). The molecule has 1 rings (SSSR count). The lowest BCUT2D eigenvalue weighted by Crippen LogP contribution is -2.17. The van der Waals surface area contributed by atoms with Gasteiger partial charge in [0.15, 0.2) is 0 Å². The zero-order chi connectivity index (χ0) is 10.6. The van der Waals surface area contributed by atoms with Gasteiger partial charge in [0.05, 0.1) is 5.92 Å². The molecule has 0 spiro atoms. The maximum atomic E-state index is 10.8. The Bertz CT molecular complexity index is 306. The quantitative estimate of drug-likeness (QED) is 0.686. The average molecular weight is 304 g/mol. The fraction of sp³-hybridized carbons (Fsp3) is 0.364. The zero-order valence-corrected chi connectivity index (χ0v) is 10.2. The van der Waals surface area contributed by atoms with Crippen LogP contribution in [0.15, 0.2) is 24.3 Å². The molecule has 0 aliphatic rings. The van der Waals surface area contributed by atoms with Gasteiger partial charge in [-0.25, -0.2) is 0 Å². The Morgan fingerprint density at radius 3 is 2.43 bits per heavy atom. The van der Waals surface area contributed by atoms with Crippen LogP contribution in [0.3, 0.4) is 0 Å². The molecular weight excluding hydrogens is 291 g/mol. The van der Waals surface area contributed by atoms with Crippen molar-refractivity contribution < 1.29 is 9.90 Å². The molecule has 1 aromatic carbocycles. The van der Waals surface area contributed by atoms with Crippen molar-refractivity contribution in [1.29, 1.82) is 0 Å². The van der Waals surface area contributed by atoms with Crippen molar-refractivity contribution in [1.82, 2.24) is 0 Å². The molecule has 1 atom stereocenters. The monoisotopic (exact) mass is 304 g/mol. The van der Waals surface area contributed by atoms with Gasteiger partial charge in [0.2, 0.25) is 0 Å². The van der Waals surface area contributed by atoms with Gasteiger partial charge in [-0.1, -0.05) is 52.4 Å². The molecule has 1 unspecified atom stereocenters. The Morgan fingerprint density at radius 1 is 1.43 bits per heavy atom. The fourth-order valence-electron chi connectivity index (χ4n) is 1.22. The zero-order valence-electron chi connectivity index (χ0n) is 8.03. The number of benzene rings is 1. The summed E-state index contributed by atoms with van der Waals surface area (Å²) in [6, 6.07) is 8.03. The highest BCUT2D eigenvalue weighted by molar-refractivity contribution is 14.1. The first-order valence-electron chi connectivity index (χ1n) is 4.48. The number of hydrogen-bond donors (Lipinski definition) is 1. The number of carbonyl (C=O) groups is 1. The lowest BCUT2D eigenvalue weighted by Gasteiger charge is -2.08. The Balaban J connectivity index is 2.67. The second kappa shape index (κ2) is 5.34. The van der Waals surface area contributed by atoms with E-state index in [1.54, 1.807) is 0 Å². The first kappa shape index (κ1) is 11.5. The van der Waals surface area contributed by atoms with Gasteiger partial charge >= 0.3 is 5.97 Å². The van der Waals surface area contributed by atoms with E-state index in [1.165, 1.54) is 5.56 Å². The summed E-state index contributed by atoms with van der Waals surface area (Å²) in [5.41, 5.74) is 2.30. The third kappa shape index (κ3) is 3.29. The van der Waals surface area contributed by atoms with Crippen LogP contribution in [-0.2, 0) is 11.2 Å². The minimum absolute atomic E-state index is 0.265. The van der Waals surface area contributed by atoms with Gasteiger partial charge in [-0.2, -0.15) is 0 Å². The summed E-state index contributed by atoms with van der Waals surface area (Å²) in [5, 5.41) is 8.88. The molecule has 0 amide bonds. The van der Waals surface area contributed by atoms with Crippen molar-refractivity contribution in [3.8, 4) is 0 Å².